The monoisotopic (exact) mass is 567 g/mol. The second-order valence-electron chi connectivity index (χ2n) is 11.1. The minimum atomic E-state index is -0.814. The van der Waals surface area contributed by atoms with Crippen LogP contribution in [0.2, 0.25) is 0 Å². The van der Waals surface area contributed by atoms with Crippen LogP contribution in [0.4, 0.5) is 5.69 Å². The number of ether oxygens (including phenoxy) is 1. The van der Waals surface area contributed by atoms with Gasteiger partial charge in [0.25, 0.3) is 0 Å². The summed E-state index contributed by atoms with van der Waals surface area (Å²) in [5.74, 6) is -0.711. The Balaban J connectivity index is 1.52. The molecule has 2 fully saturated rings. The highest BCUT2D eigenvalue weighted by molar-refractivity contribution is 8.02. The minimum absolute atomic E-state index is 0.0328. The van der Waals surface area contributed by atoms with E-state index < -0.39 is 22.6 Å². The van der Waals surface area contributed by atoms with Gasteiger partial charge in [-0.05, 0) is 57.4 Å². The molecule has 1 aromatic rings. The van der Waals surface area contributed by atoms with Gasteiger partial charge in [-0.2, -0.15) is 0 Å². The number of benzene rings is 1. The molecule has 0 aromatic heterocycles. The van der Waals surface area contributed by atoms with Crippen molar-refractivity contribution in [3.05, 3.63) is 48.6 Å². The molecular weight excluding hydrogens is 526 g/mol. The van der Waals surface area contributed by atoms with Crippen molar-refractivity contribution >= 4 is 35.2 Å². The Labute approximate surface area is 241 Å². The first-order valence-corrected chi connectivity index (χ1v) is 15.5. The average Bonchev–Trinajstić information content (AvgIpc) is 3.24. The quantitative estimate of drug-likeness (QED) is 0.343. The maximum absolute atomic E-state index is 14.3. The number of anilines is 1. The van der Waals surface area contributed by atoms with Gasteiger partial charge in [-0.15, -0.1) is 11.8 Å². The van der Waals surface area contributed by atoms with Gasteiger partial charge in [-0.3, -0.25) is 14.4 Å². The van der Waals surface area contributed by atoms with Crippen molar-refractivity contribution in [3.63, 3.8) is 0 Å². The highest BCUT2D eigenvalue weighted by Crippen LogP contribution is 2.61. The van der Waals surface area contributed by atoms with Crippen LogP contribution in [0, 0.1) is 11.8 Å². The van der Waals surface area contributed by atoms with Gasteiger partial charge >= 0.3 is 0 Å². The number of thioether (sulfide) groups is 1. The third kappa shape index (κ3) is 4.85. The molecule has 0 radical (unpaired) electrons. The number of fused-ring (bicyclic) bond motifs is 2. The molecular formula is C31H41N3O5S. The highest BCUT2D eigenvalue weighted by Gasteiger charge is 2.71. The zero-order valence-corrected chi connectivity index (χ0v) is 24.5. The second kappa shape index (κ2) is 12.0. The van der Waals surface area contributed by atoms with E-state index >= 15 is 0 Å². The van der Waals surface area contributed by atoms with Gasteiger partial charge in [0.15, 0.2) is 0 Å². The van der Waals surface area contributed by atoms with Crippen LogP contribution in [0.25, 0.3) is 0 Å². The Morgan fingerprint density at radius 1 is 1.05 bits per heavy atom. The van der Waals surface area contributed by atoms with Crippen molar-refractivity contribution in [3.8, 4) is 5.75 Å². The fourth-order valence-corrected chi connectivity index (χ4v) is 8.89. The van der Waals surface area contributed by atoms with Crippen molar-refractivity contribution in [1.29, 1.82) is 0 Å². The minimum Gasteiger partial charge on any atom is -0.494 e. The second-order valence-corrected chi connectivity index (χ2v) is 12.6. The van der Waals surface area contributed by atoms with E-state index in [0.717, 1.165) is 24.3 Å². The predicted octanol–water partition coefficient (Wildman–Crippen LogP) is 3.65. The Morgan fingerprint density at radius 3 is 2.52 bits per heavy atom. The van der Waals surface area contributed by atoms with Crippen LogP contribution < -0.4 is 9.64 Å². The SMILES string of the molecule is CCCC(C)N1CC=C[C@]23S[C@H]4C=CCN(c5ccc(OCC)cc5)C(=O)[C@H]4[C@H]2C(=O)N(CCCCO)C3C1=O. The fraction of sp³-hybridized carbons (Fsp3) is 0.581. The van der Waals surface area contributed by atoms with E-state index in [0.29, 0.717) is 39.1 Å². The molecule has 9 heteroatoms. The maximum Gasteiger partial charge on any atom is 0.247 e. The molecule has 2 saturated heterocycles. The largest absolute Gasteiger partial charge is 0.494 e. The van der Waals surface area contributed by atoms with E-state index in [1.165, 1.54) is 0 Å². The maximum atomic E-state index is 14.3. The summed E-state index contributed by atoms with van der Waals surface area (Å²) in [6.07, 6.45) is 11.2. The van der Waals surface area contributed by atoms with Gasteiger partial charge in [-0.1, -0.05) is 37.6 Å². The number of unbranched alkanes of at least 4 members (excludes halogenated alkanes) is 1. The molecule has 8 nitrogen and oxygen atoms in total. The molecule has 1 spiro atoms. The number of hydrogen-bond acceptors (Lipinski definition) is 6. The molecule has 1 aromatic carbocycles. The molecule has 216 valence electrons. The molecule has 5 rings (SSSR count). The van der Waals surface area contributed by atoms with Gasteiger partial charge in [-0.25, -0.2) is 0 Å². The zero-order chi connectivity index (χ0) is 28.4. The standard InChI is InChI=1S/C31H41N3O5S/c1-4-10-21(3)32-19-9-16-31-26(29(37)34(17-6-7-20-35)27(31)30(32)38)25-24(40-31)11-8-18-33(28(25)36)22-12-14-23(15-13-22)39-5-2/h8-9,11-16,21,24-27,35H,4-7,10,17-20H2,1-3H3/t21?,24-,25+,26-,27?,31-/m0/s1. The normalized spacial score (nSPS) is 30.2. The third-order valence-electron chi connectivity index (χ3n) is 8.69. The van der Waals surface area contributed by atoms with Crippen LogP contribution in [0.3, 0.4) is 0 Å². The van der Waals surface area contributed by atoms with Gasteiger partial charge in [0.05, 0.1) is 23.2 Å². The summed E-state index contributed by atoms with van der Waals surface area (Å²) in [5, 5.41) is 9.21. The Kier molecular flexibility index (Phi) is 8.61. The molecule has 0 aliphatic carbocycles. The first-order chi connectivity index (χ1) is 19.4. The van der Waals surface area contributed by atoms with Crippen LogP contribution in [0.5, 0.6) is 5.75 Å². The number of aliphatic hydroxyl groups excluding tert-OH is 1. The summed E-state index contributed by atoms with van der Waals surface area (Å²) in [5.41, 5.74) is 0.763. The van der Waals surface area contributed by atoms with Crippen LogP contribution >= 0.6 is 11.8 Å². The highest BCUT2D eigenvalue weighted by atomic mass is 32.2. The summed E-state index contributed by atoms with van der Waals surface area (Å²) in [6.45, 7) is 8.04. The Bertz CT molecular complexity index is 1170. The molecule has 6 atom stereocenters. The van der Waals surface area contributed by atoms with Crippen LogP contribution in [0.15, 0.2) is 48.6 Å². The van der Waals surface area contributed by atoms with Crippen LogP contribution in [-0.4, -0.2) is 87.6 Å². The summed E-state index contributed by atoms with van der Waals surface area (Å²) in [7, 11) is 0. The summed E-state index contributed by atoms with van der Waals surface area (Å²) in [6, 6.07) is 6.89. The first-order valence-electron chi connectivity index (χ1n) is 14.7. The number of likely N-dealkylation sites (tertiary alicyclic amines) is 1. The summed E-state index contributed by atoms with van der Waals surface area (Å²) >= 11 is 1.61. The predicted molar refractivity (Wildman–Crippen MR) is 157 cm³/mol. The fourth-order valence-electron chi connectivity index (χ4n) is 6.88. The number of carbonyl (C=O) groups is 3. The molecule has 4 aliphatic heterocycles. The summed E-state index contributed by atoms with van der Waals surface area (Å²) < 4.78 is 4.77. The van der Waals surface area contributed by atoms with E-state index in [1.54, 1.807) is 21.6 Å². The van der Waals surface area contributed by atoms with Crippen molar-refractivity contribution in [2.24, 2.45) is 11.8 Å². The van der Waals surface area contributed by atoms with Crippen molar-refractivity contribution in [1.82, 2.24) is 9.80 Å². The Hall–Kier alpha value is -2.78. The number of carbonyl (C=O) groups excluding carboxylic acids is 3. The van der Waals surface area contributed by atoms with Gasteiger partial charge < -0.3 is 24.5 Å². The lowest BCUT2D eigenvalue weighted by Crippen LogP contribution is -2.55. The van der Waals surface area contributed by atoms with E-state index in [-0.39, 0.29) is 35.6 Å². The molecule has 4 heterocycles. The molecule has 1 N–H and O–H groups in total. The Morgan fingerprint density at radius 2 is 1.82 bits per heavy atom. The zero-order valence-electron chi connectivity index (χ0n) is 23.7. The van der Waals surface area contributed by atoms with Crippen LogP contribution in [0.1, 0.15) is 46.5 Å². The van der Waals surface area contributed by atoms with Crippen molar-refractivity contribution < 1.29 is 24.2 Å². The van der Waals surface area contributed by atoms with Gasteiger partial charge in [0.1, 0.15) is 11.8 Å². The molecule has 2 unspecified atom stereocenters. The lowest BCUT2D eigenvalue weighted by molar-refractivity contribution is -0.143. The third-order valence-corrected chi connectivity index (χ3v) is 10.4. The first kappa shape index (κ1) is 28.7. The number of nitrogens with zero attached hydrogens (tertiary/aromatic N) is 3. The number of hydrogen-bond donors (Lipinski definition) is 1. The smallest absolute Gasteiger partial charge is 0.247 e. The number of aliphatic hydroxyl groups is 1. The molecule has 40 heavy (non-hydrogen) atoms. The van der Waals surface area contributed by atoms with E-state index in [4.69, 9.17) is 4.74 Å². The van der Waals surface area contributed by atoms with Crippen molar-refractivity contribution in [2.45, 2.75) is 68.5 Å². The van der Waals surface area contributed by atoms with E-state index in [1.807, 2.05) is 48.2 Å². The average molecular weight is 568 g/mol. The van der Waals surface area contributed by atoms with Gasteiger partial charge in [0, 0.05) is 43.2 Å². The summed E-state index contributed by atoms with van der Waals surface area (Å²) in [4.78, 5) is 48.3. The molecule has 0 saturated carbocycles. The lowest BCUT2D eigenvalue weighted by Gasteiger charge is -2.37. The topological polar surface area (TPSA) is 90.4 Å². The van der Waals surface area contributed by atoms with E-state index in [2.05, 4.69) is 26.0 Å². The molecule has 3 amide bonds. The lowest BCUT2D eigenvalue weighted by atomic mass is 9.78. The van der Waals surface area contributed by atoms with Crippen molar-refractivity contribution in [2.75, 3.05) is 37.7 Å². The van der Waals surface area contributed by atoms with Gasteiger partial charge in [0.2, 0.25) is 17.7 Å². The van der Waals surface area contributed by atoms with Crippen LogP contribution in [-0.2, 0) is 14.4 Å². The molecule has 4 aliphatic rings. The number of rotatable bonds is 10. The number of amides is 3. The van der Waals surface area contributed by atoms with E-state index in [9.17, 15) is 19.5 Å². The molecule has 0 bridgehead atoms.